The third-order valence-corrected chi connectivity index (χ3v) is 7.64. The number of hydrogen-bond donors (Lipinski definition) is 0. The van der Waals surface area contributed by atoms with Crippen LogP contribution in [0.2, 0.25) is 0 Å². The van der Waals surface area contributed by atoms with Crippen molar-refractivity contribution in [3.8, 4) is 0 Å². The van der Waals surface area contributed by atoms with Crippen LogP contribution in [0.4, 0.5) is 13.2 Å². The summed E-state index contributed by atoms with van der Waals surface area (Å²) in [6.45, 7) is 9.98. The van der Waals surface area contributed by atoms with E-state index in [1.165, 1.54) is 0 Å². The molecule has 0 radical (unpaired) electrons. The van der Waals surface area contributed by atoms with Crippen molar-refractivity contribution in [1.29, 1.82) is 0 Å². The molecule has 0 atom stereocenters. The average molecular weight is 291 g/mol. The predicted octanol–water partition coefficient (Wildman–Crippen LogP) is 5.59. The van der Waals surface area contributed by atoms with Crippen molar-refractivity contribution in [2.24, 2.45) is 0 Å². The molecule has 0 aromatic rings. The maximum absolute atomic E-state index is 12.9. The lowest BCUT2D eigenvalue weighted by molar-refractivity contribution is -0.0843. The van der Waals surface area contributed by atoms with Gasteiger partial charge in [0, 0.05) is 16.1 Å². The molecule has 0 N–H and O–H groups in total. The first kappa shape index (κ1) is 17.1. The fourth-order valence-corrected chi connectivity index (χ4v) is 5.29. The highest BCUT2D eigenvalue weighted by molar-refractivity contribution is 7.70. The third kappa shape index (κ3) is 3.75. The van der Waals surface area contributed by atoms with Crippen LogP contribution < -0.4 is 0 Å². The molecule has 6 heteroatoms. The monoisotopic (exact) mass is 290 g/mol. The van der Waals surface area contributed by atoms with Gasteiger partial charge in [0.2, 0.25) is 0 Å². The Morgan fingerprint density at radius 3 is 1.47 bits per heavy atom. The lowest BCUT2D eigenvalue weighted by atomic mass is 10.2. The molecule has 0 amide bonds. The van der Waals surface area contributed by atoms with Gasteiger partial charge in [-0.15, -0.1) is 0 Å². The second-order valence-corrected chi connectivity index (χ2v) is 10.6. The summed E-state index contributed by atoms with van der Waals surface area (Å²) in [5.41, 5.74) is 0. The van der Waals surface area contributed by atoms with Crippen molar-refractivity contribution in [3.05, 3.63) is 10.8 Å². The van der Waals surface area contributed by atoms with E-state index in [9.17, 15) is 17.7 Å². The van der Waals surface area contributed by atoms with E-state index in [0.717, 1.165) is 0 Å². The van der Waals surface area contributed by atoms with Gasteiger partial charge in [-0.1, -0.05) is 53.1 Å². The van der Waals surface area contributed by atoms with E-state index in [0.29, 0.717) is 5.82 Å². The molecule has 1 nitrogen and oxygen atoms in total. The molecule has 0 spiro atoms. The first-order valence-electron chi connectivity index (χ1n) is 5.18. The van der Waals surface area contributed by atoms with E-state index in [4.69, 9.17) is 11.6 Å². The number of rotatable bonds is 1. The van der Waals surface area contributed by atoms with Gasteiger partial charge in [-0.05, 0) is 0 Å². The number of alkyl halides is 3. The molecule has 0 aliphatic rings. The van der Waals surface area contributed by atoms with E-state index in [1.807, 2.05) is 0 Å². The SMILES string of the molecule is CC(C)(C)P(=O)(C=C(Cl)C(F)(F)F)C(C)(C)C. The maximum atomic E-state index is 12.9. The second kappa shape index (κ2) is 4.62. The third-order valence-electron chi connectivity index (χ3n) is 2.56. The van der Waals surface area contributed by atoms with Gasteiger partial charge >= 0.3 is 6.18 Å². The van der Waals surface area contributed by atoms with Gasteiger partial charge in [0.15, 0.2) is 0 Å². The summed E-state index contributed by atoms with van der Waals surface area (Å²) in [6, 6.07) is 0. The minimum atomic E-state index is -4.65. The van der Waals surface area contributed by atoms with Crippen LogP contribution in [-0.2, 0) is 4.57 Å². The number of allylic oxidation sites excluding steroid dienone is 1. The molecule has 0 aromatic carbocycles. The Kier molecular flexibility index (Phi) is 4.63. The fraction of sp³-hybridized carbons (Fsp3) is 0.818. The van der Waals surface area contributed by atoms with Crippen LogP contribution in [0.5, 0.6) is 0 Å². The molecule has 0 aliphatic heterocycles. The topological polar surface area (TPSA) is 17.1 Å². The molecule has 17 heavy (non-hydrogen) atoms. The molecular formula is C11H19ClF3OP. The van der Waals surface area contributed by atoms with Crippen LogP contribution in [0, 0.1) is 0 Å². The molecule has 0 rings (SSSR count). The molecular weight excluding hydrogens is 272 g/mol. The lowest BCUT2D eigenvalue weighted by Gasteiger charge is -2.39. The predicted molar refractivity (Wildman–Crippen MR) is 67.1 cm³/mol. The summed E-state index contributed by atoms with van der Waals surface area (Å²) in [6.07, 6.45) is -4.65. The molecule has 0 heterocycles. The molecule has 0 aliphatic carbocycles. The molecule has 0 fully saturated rings. The number of hydrogen-bond acceptors (Lipinski definition) is 1. The van der Waals surface area contributed by atoms with Gasteiger partial charge in [0.1, 0.15) is 12.2 Å². The highest BCUT2D eigenvalue weighted by Crippen LogP contribution is 2.69. The molecule has 0 aromatic heterocycles. The molecule has 0 unspecified atom stereocenters. The molecule has 0 bridgehead atoms. The van der Waals surface area contributed by atoms with Gasteiger partial charge in [-0.3, -0.25) is 0 Å². The minimum absolute atomic E-state index is 0.717. The second-order valence-electron chi connectivity index (χ2n) is 5.97. The summed E-state index contributed by atoms with van der Waals surface area (Å²) >= 11 is 5.22. The Morgan fingerprint density at radius 2 is 1.29 bits per heavy atom. The van der Waals surface area contributed by atoms with Crippen molar-refractivity contribution < 1.29 is 17.7 Å². The minimum Gasteiger partial charge on any atom is -0.318 e. The van der Waals surface area contributed by atoms with E-state index in [-0.39, 0.29) is 0 Å². The van der Waals surface area contributed by atoms with Gasteiger partial charge in [0.05, 0.1) is 0 Å². The van der Waals surface area contributed by atoms with Crippen molar-refractivity contribution in [1.82, 2.24) is 0 Å². The standard InChI is InChI=1S/C11H19ClF3OP/c1-9(2,3)17(16,10(4,5)6)7-8(12)11(13,14)15/h7H,1-6H3. The van der Waals surface area contributed by atoms with Crippen LogP contribution in [0.15, 0.2) is 10.8 Å². The van der Waals surface area contributed by atoms with Crippen molar-refractivity contribution in [2.75, 3.05) is 0 Å². The van der Waals surface area contributed by atoms with Gasteiger partial charge in [-0.25, -0.2) is 0 Å². The zero-order valence-electron chi connectivity index (χ0n) is 10.9. The van der Waals surface area contributed by atoms with Gasteiger partial charge in [-0.2, -0.15) is 13.2 Å². The smallest absolute Gasteiger partial charge is 0.318 e. The summed E-state index contributed by atoms with van der Waals surface area (Å²) in [4.78, 5) is 0. The van der Waals surface area contributed by atoms with Gasteiger partial charge in [0.25, 0.3) is 0 Å². The number of halogens is 4. The Hall–Kier alpha value is 0.0500. The quantitative estimate of drug-likeness (QED) is 0.575. The van der Waals surface area contributed by atoms with Crippen LogP contribution in [0.3, 0.4) is 0 Å². The van der Waals surface area contributed by atoms with Crippen LogP contribution >= 0.6 is 18.7 Å². The van der Waals surface area contributed by atoms with E-state index < -0.39 is 28.7 Å². The summed E-state index contributed by atoms with van der Waals surface area (Å²) < 4.78 is 50.2. The zero-order valence-corrected chi connectivity index (χ0v) is 12.6. The summed E-state index contributed by atoms with van der Waals surface area (Å²) in [5.74, 6) is 0.717. The zero-order chi connectivity index (χ0) is 14.3. The fourth-order valence-electron chi connectivity index (χ4n) is 1.63. The van der Waals surface area contributed by atoms with Crippen molar-refractivity contribution in [2.45, 2.75) is 58.0 Å². The molecule has 102 valence electrons. The summed E-state index contributed by atoms with van der Waals surface area (Å²) in [5, 5.41) is -2.83. The first-order valence-corrected chi connectivity index (χ1v) is 7.34. The Bertz CT molecular complexity index is 340. The molecule has 0 saturated carbocycles. The van der Waals surface area contributed by atoms with Crippen LogP contribution in [-0.4, -0.2) is 16.5 Å². The van der Waals surface area contributed by atoms with Crippen molar-refractivity contribution >= 4 is 18.7 Å². The van der Waals surface area contributed by atoms with Crippen molar-refractivity contribution in [3.63, 3.8) is 0 Å². The lowest BCUT2D eigenvalue weighted by Crippen LogP contribution is -2.28. The Labute approximate surface area is 106 Å². The highest BCUT2D eigenvalue weighted by Gasteiger charge is 2.47. The van der Waals surface area contributed by atoms with Crippen LogP contribution in [0.25, 0.3) is 0 Å². The Balaban J connectivity index is 5.83. The first-order chi connectivity index (χ1) is 7.13. The Morgan fingerprint density at radius 1 is 1.00 bits per heavy atom. The van der Waals surface area contributed by atoms with E-state index in [1.54, 1.807) is 41.5 Å². The van der Waals surface area contributed by atoms with Gasteiger partial charge < -0.3 is 4.57 Å². The molecule has 0 saturated heterocycles. The van der Waals surface area contributed by atoms with E-state index in [2.05, 4.69) is 0 Å². The van der Waals surface area contributed by atoms with Crippen LogP contribution in [0.1, 0.15) is 41.5 Å². The normalized spacial score (nSPS) is 16.2. The largest absolute Gasteiger partial charge is 0.427 e. The average Bonchev–Trinajstić information content (AvgIpc) is 1.97. The highest BCUT2D eigenvalue weighted by atomic mass is 35.5. The maximum Gasteiger partial charge on any atom is 0.427 e. The summed E-state index contributed by atoms with van der Waals surface area (Å²) in [7, 11) is -3.25. The van der Waals surface area contributed by atoms with E-state index >= 15 is 0 Å².